The van der Waals surface area contributed by atoms with Gasteiger partial charge in [-0.3, -0.25) is 0 Å². The predicted molar refractivity (Wildman–Crippen MR) is 127 cm³/mol. The van der Waals surface area contributed by atoms with E-state index >= 15 is 0 Å². The molecule has 1 aliphatic heterocycles. The number of allylic oxidation sites excluding steroid dienone is 2. The zero-order valence-corrected chi connectivity index (χ0v) is 20.1. The molecular weight excluding hydrogens is 392 g/mol. The summed E-state index contributed by atoms with van der Waals surface area (Å²) in [6, 6.07) is 0. The van der Waals surface area contributed by atoms with Crippen molar-refractivity contribution in [2.45, 2.75) is 134 Å². The van der Waals surface area contributed by atoms with Gasteiger partial charge in [0, 0.05) is 6.61 Å². The van der Waals surface area contributed by atoms with E-state index in [2.05, 4.69) is 19.1 Å². The molecule has 0 amide bonds. The third-order valence-corrected chi connectivity index (χ3v) is 6.32. The van der Waals surface area contributed by atoms with E-state index in [1.807, 2.05) is 0 Å². The zero-order valence-electron chi connectivity index (χ0n) is 20.1. The highest BCUT2D eigenvalue weighted by atomic mass is 16.6. The Kier molecular flexibility index (Phi) is 18.6. The normalized spacial score (nSPS) is 22.5. The average molecular weight is 443 g/mol. The van der Waals surface area contributed by atoms with Crippen molar-refractivity contribution in [2.24, 2.45) is 0 Å². The highest BCUT2D eigenvalue weighted by molar-refractivity contribution is 4.88. The van der Waals surface area contributed by atoms with Crippen LogP contribution in [0.4, 0.5) is 0 Å². The van der Waals surface area contributed by atoms with Crippen LogP contribution in [0.15, 0.2) is 12.2 Å². The molecule has 0 unspecified atom stereocenters. The molecule has 0 aliphatic carbocycles. The molecule has 0 saturated carbocycles. The summed E-state index contributed by atoms with van der Waals surface area (Å²) in [5, 5.41) is 28.6. The van der Waals surface area contributed by atoms with E-state index in [-0.39, 0.29) is 6.61 Å². The van der Waals surface area contributed by atoms with E-state index in [1.165, 1.54) is 89.9 Å². The number of unbranched alkanes of at least 4 members (excludes halogenated alkanes) is 15. The van der Waals surface area contributed by atoms with Crippen molar-refractivity contribution >= 4 is 0 Å². The second kappa shape index (κ2) is 20.2. The van der Waals surface area contributed by atoms with Crippen LogP contribution >= 0.6 is 0 Å². The summed E-state index contributed by atoms with van der Waals surface area (Å²) in [4.78, 5) is 0. The SMILES string of the molecule is C/C=C/CCCCCCCCCCCCCCCCCO[C@H]1CO[C@@H]([C@H](O)CO)[C@H]1O. The molecule has 1 heterocycles. The van der Waals surface area contributed by atoms with Crippen LogP contribution in [0.2, 0.25) is 0 Å². The van der Waals surface area contributed by atoms with E-state index in [4.69, 9.17) is 14.6 Å². The molecule has 3 N–H and O–H groups in total. The number of ether oxygens (including phenoxy) is 2. The van der Waals surface area contributed by atoms with Crippen LogP contribution in [0.1, 0.15) is 110 Å². The molecule has 0 radical (unpaired) electrons. The van der Waals surface area contributed by atoms with Crippen molar-refractivity contribution in [3.05, 3.63) is 12.2 Å². The van der Waals surface area contributed by atoms with Gasteiger partial charge in [-0.1, -0.05) is 95.6 Å². The van der Waals surface area contributed by atoms with Crippen molar-refractivity contribution in [3.8, 4) is 0 Å². The maximum Gasteiger partial charge on any atom is 0.114 e. The third kappa shape index (κ3) is 14.3. The third-order valence-electron chi connectivity index (χ3n) is 6.32. The minimum Gasteiger partial charge on any atom is -0.394 e. The van der Waals surface area contributed by atoms with Crippen LogP contribution in [-0.4, -0.2) is 59.6 Å². The van der Waals surface area contributed by atoms with Crippen molar-refractivity contribution in [3.63, 3.8) is 0 Å². The number of hydrogen-bond donors (Lipinski definition) is 3. The van der Waals surface area contributed by atoms with Gasteiger partial charge in [0.15, 0.2) is 0 Å². The summed E-state index contributed by atoms with van der Waals surface area (Å²) in [5.74, 6) is 0. The van der Waals surface area contributed by atoms with E-state index < -0.39 is 31.0 Å². The molecule has 0 aromatic carbocycles. The highest BCUT2D eigenvalue weighted by Gasteiger charge is 2.40. The largest absolute Gasteiger partial charge is 0.394 e. The predicted octanol–water partition coefficient (Wildman–Crippen LogP) is 5.30. The minimum atomic E-state index is -1.05. The molecule has 0 spiro atoms. The van der Waals surface area contributed by atoms with Gasteiger partial charge in [-0.25, -0.2) is 0 Å². The van der Waals surface area contributed by atoms with Crippen LogP contribution in [-0.2, 0) is 9.47 Å². The fraction of sp³-hybridized carbons (Fsp3) is 0.923. The topological polar surface area (TPSA) is 79.2 Å². The summed E-state index contributed by atoms with van der Waals surface area (Å²) >= 11 is 0. The summed E-state index contributed by atoms with van der Waals surface area (Å²) in [5.41, 5.74) is 0. The van der Waals surface area contributed by atoms with Crippen LogP contribution in [0, 0.1) is 0 Å². The lowest BCUT2D eigenvalue weighted by molar-refractivity contribution is -0.0730. The average Bonchev–Trinajstić information content (AvgIpc) is 3.15. The fourth-order valence-electron chi connectivity index (χ4n) is 4.27. The number of aliphatic hydroxyl groups is 3. The quantitative estimate of drug-likeness (QED) is 0.166. The Morgan fingerprint density at radius 2 is 1.32 bits per heavy atom. The molecule has 1 aliphatic rings. The monoisotopic (exact) mass is 442 g/mol. The first kappa shape index (κ1) is 28.6. The van der Waals surface area contributed by atoms with Gasteiger partial charge in [0.2, 0.25) is 0 Å². The van der Waals surface area contributed by atoms with Crippen molar-refractivity contribution in [1.82, 2.24) is 0 Å². The maximum absolute atomic E-state index is 10.1. The van der Waals surface area contributed by atoms with Gasteiger partial charge in [0.25, 0.3) is 0 Å². The molecule has 31 heavy (non-hydrogen) atoms. The van der Waals surface area contributed by atoms with Crippen molar-refractivity contribution in [2.75, 3.05) is 19.8 Å². The fourth-order valence-corrected chi connectivity index (χ4v) is 4.27. The highest BCUT2D eigenvalue weighted by Crippen LogP contribution is 2.21. The Morgan fingerprint density at radius 3 is 1.81 bits per heavy atom. The molecule has 0 aromatic rings. The van der Waals surface area contributed by atoms with E-state index in [9.17, 15) is 10.2 Å². The first-order valence-electron chi connectivity index (χ1n) is 13.0. The van der Waals surface area contributed by atoms with Gasteiger partial charge in [-0.15, -0.1) is 0 Å². The minimum absolute atomic E-state index is 0.278. The summed E-state index contributed by atoms with van der Waals surface area (Å²) in [6.45, 7) is 2.58. The van der Waals surface area contributed by atoms with E-state index in [1.54, 1.807) is 0 Å². The Balaban J connectivity index is 1.77. The Hall–Kier alpha value is -0.460. The van der Waals surface area contributed by atoms with Gasteiger partial charge in [-0.2, -0.15) is 0 Å². The summed E-state index contributed by atoms with van der Waals surface area (Å²) in [7, 11) is 0. The summed E-state index contributed by atoms with van der Waals surface area (Å²) < 4.78 is 11.0. The number of hydrogen-bond acceptors (Lipinski definition) is 5. The van der Waals surface area contributed by atoms with Crippen LogP contribution in [0.25, 0.3) is 0 Å². The van der Waals surface area contributed by atoms with Gasteiger partial charge < -0.3 is 24.8 Å². The maximum atomic E-state index is 10.1. The van der Waals surface area contributed by atoms with E-state index in [0.717, 1.165) is 12.8 Å². The molecular formula is C26H50O5. The second-order valence-electron chi connectivity index (χ2n) is 9.11. The van der Waals surface area contributed by atoms with E-state index in [0.29, 0.717) is 6.61 Å². The summed E-state index contributed by atoms with van der Waals surface area (Å²) in [6.07, 6.45) is 22.6. The molecule has 5 heteroatoms. The van der Waals surface area contributed by atoms with Gasteiger partial charge >= 0.3 is 0 Å². The molecule has 0 aromatic heterocycles. The van der Waals surface area contributed by atoms with Crippen LogP contribution < -0.4 is 0 Å². The molecule has 0 bridgehead atoms. The zero-order chi connectivity index (χ0) is 22.6. The van der Waals surface area contributed by atoms with Crippen LogP contribution in [0.5, 0.6) is 0 Å². The first-order valence-corrected chi connectivity index (χ1v) is 13.0. The number of aliphatic hydroxyl groups excluding tert-OH is 3. The molecule has 5 nitrogen and oxygen atoms in total. The van der Waals surface area contributed by atoms with Crippen molar-refractivity contribution < 1.29 is 24.8 Å². The van der Waals surface area contributed by atoms with Gasteiger partial charge in [0.1, 0.15) is 24.4 Å². The number of rotatable bonds is 21. The lowest BCUT2D eigenvalue weighted by Crippen LogP contribution is -2.41. The Morgan fingerprint density at radius 1 is 0.839 bits per heavy atom. The lowest BCUT2D eigenvalue weighted by atomic mass is 10.0. The van der Waals surface area contributed by atoms with Gasteiger partial charge in [0.05, 0.1) is 13.2 Å². The molecule has 4 atom stereocenters. The molecule has 1 fully saturated rings. The lowest BCUT2D eigenvalue weighted by Gasteiger charge is -2.20. The Labute approximate surface area is 191 Å². The Bertz CT molecular complexity index is 415. The standard InChI is InChI=1S/C26H50O5/c1-2-3-4-5-6-7-8-9-10-11-12-13-14-15-16-17-18-19-20-30-24-22-31-26(25(24)29)23(28)21-27/h2-3,23-29H,4-22H2,1H3/b3-2+/t23-,24+,25+,26+/m1/s1. The molecule has 184 valence electrons. The smallest absolute Gasteiger partial charge is 0.114 e. The second-order valence-corrected chi connectivity index (χ2v) is 9.11. The molecule has 1 rings (SSSR count). The van der Waals surface area contributed by atoms with Gasteiger partial charge in [-0.05, 0) is 26.2 Å². The van der Waals surface area contributed by atoms with Crippen molar-refractivity contribution in [1.29, 1.82) is 0 Å². The first-order chi connectivity index (χ1) is 15.2. The van der Waals surface area contributed by atoms with Crippen LogP contribution in [0.3, 0.4) is 0 Å². The molecule has 1 saturated heterocycles.